The summed E-state index contributed by atoms with van der Waals surface area (Å²) in [5.41, 5.74) is 7.21. The first kappa shape index (κ1) is 20.7. The number of primary amides is 1. The fraction of sp³-hybridized carbons (Fsp3) is 0.429. The molecule has 0 radical (unpaired) electrons. The van der Waals surface area contributed by atoms with E-state index in [1.807, 2.05) is 24.3 Å². The zero-order valence-corrected chi connectivity index (χ0v) is 17.7. The Labute approximate surface area is 174 Å². The van der Waals surface area contributed by atoms with Crippen molar-refractivity contribution in [3.8, 4) is 5.75 Å². The number of hydrogen-bond acceptors (Lipinski definition) is 5. The van der Waals surface area contributed by atoms with Gasteiger partial charge in [0.15, 0.2) is 0 Å². The number of benzene rings is 1. The summed E-state index contributed by atoms with van der Waals surface area (Å²) in [5, 5.41) is 3.57. The number of carbonyl (C=O) groups is 2. The number of nitrogens with two attached hydrogens (primary N) is 1. The van der Waals surface area contributed by atoms with Gasteiger partial charge in [-0.25, -0.2) is 0 Å². The summed E-state index contributed by atoms with van der Waals surface area (Å²) in [5.74, 6) is 1.19. The molecule has 3 N–H and O–H groups in total. The third-order valence-electron chi connectivity index (χ3n) is 4.80. The molecule has 1 aromatic heterocycles. The fourth-order valence-electron chi connectivity index (χ4n) is 3.38. The minimum atomic E-state index is -0.440. The number of carbonyl (C=O) groups excluding carboxylic acids is 2. The lowest BCUT2D eigenvalue weighted by molar-refractivity contribution is -0.116. The number of nitrogens with one attached hydrogen (secondary N) is 1. The number of methoxy groups -OCH3 is 1. The van der Waals surface area contributed by atoms with E-state index in [-0.39, 0.29) is 5.91 Å². The van der Waals surface area contributed by atoms with E-state index in [1.165, 1.54) is 22.6 Å². The van der Waals surface area contributed by atoms with Gasteiger partial charge in [-0.3, -0.25) is 9.59 Å². The monoisotopic (exact) mass is 418 g/mol. The Hall–Kier alpha value is -1.99. The molecule has 5 nitrogen and oxygen atoms in total. The maximum absolute atomic E-state index is 12.4. The highest BCUT2D eigenvalue weighted by atomic mass is 32.2. The first-order valence-electron chi connectivity index (χ1n) is 9.59. The average molecular weight is 419 g/mol. The largest absolute Gasteiger partial charge is 0.497 e. The van der Waals surface area contributed by atoms with Crippen molar-refractivity contribution in [2.45, 2.75) is 49.8 Å². The van der Waals surface area contributed by atoms with Gasteiger partial charge in [-0.05, 0) is 67.7 Å². The molecule has 0 bridgehead atoms. The van der Waals surface area contributed by atoms with E-state index in [0.717, 1.165) is 54.1 Å². The van der Waals surface area contributed by atoms with Crippen molar-refractivity contribution in [2.75, 3.05) is 18.2 Å². The standard InChI is InChI=1S/C21H26N2O3S2/c1-26-14-9-11-15(12-10-14)27-13-5-8-18(24)23-21-19(20(22)25)16-6-3-2-4-7-17(16)28-21/h9-12H,2-8,13H2,1H3,(H2,22,25)(H,23,24). The Balaban J connectivity index is 1.52. The van der Waals surface area contributed by atoms with Gasteiger partial charge in [0, 0.05) is 16.2 Å². The highest BCUT2D eigenvalue weighted by molar-refractivity contribution is 7.99. The number of fused-ring (bicyclic) bond motifs is 1. The summed E-state index contributed by atoms with van der Waals surface area (Å²) in [7, 11) is 1.65. The third-order valence-corrected chi connectivity index (χ3v) is 7.10. The van der Waals surface area contributed by atoms with Crippen molar-refractivity contribution >= 4 is 39.9 Å². The van der Waals surface area contributed by atoms with Crippen LogP contribution in [0.5, 0.6) is 5.75 Å². The Morgan fingerprint density at radius 1 is 1.18 bits per heavy atom. The molecule has 28 heavy (non-hydrogen) atoms. The van der Waals surface area contributed by atoms with Gasteiger partial charge < -0.3 is 15.8 Å². The molecule has 1 aliphatic carbocycles. The molecule has 0 saturated heterocycles. The van der Waals surface area contributed by atoms with Crippen molar-refractivity contribution < 1.29 is 14.3 Å². The van der Waals surface area contributed by atoms with E-state index in [1.54, 1.807) is 18.9 Å². The van der Waals surface area contributed by atoms with Crippen LogP contribution in [0.4, 0.5) is 5.00 Å². The topological polar surface area (TPSA) is 81.4 Å². The average Bonchev–Trinajstić information content (AvgIpc) is 2.86. The second kappa shape index (κ2) is 9.98. The number of ether oxygens (including phenoxy) is 1. The second-order valence-corrected chi connectivity index (χ2v) is 9.08. The molecule has 7 heteroatoms. The van der Waals surface area contributed by atoms with E-state index >= 15 is 0 Å². The van der Waals surface area contributed by atoms with Gasteiger partial charge in [-0.15, -0.1) is 23.1 Å². The van der Waals surface area contributed by atoms with Crippen LogP contribution in [0.25, 0.3) is 0 Å². The number of rotatable bonds is 8. The highest BCUT2D eigenvalue weighted by Crippen LogP contribution is 2.37. The van der Waals surface area contributed by atoms with Crippen molar-refractivity contribution in [2.24, 2.45) is 5.73 Å². The Bertz CT molecular complexity index is 831. The van der Waals surface area contributed by atoms with Gasteiger partial charge in [0.25, 0.3) is 5.91 Å². The lowest BCUT2D eigenvalue weighted by Gasteiger charge is -2.07. The summed E-state index contributed by atoms with van der Waals surface area (Å²) >= 11 is 3.23. The number of aryl methyl sites for hydroxylation is 1. The Morgan fingerprint density at radius 2 is 1.93 bits per heavy atom. The summed E-state index contributed by atoms with van der Waals surface area (Å²) in [6.45, 7) is 0. The number of thioether (sulfide) groups is 1. The smallest absolute Gasteiger partial charge is 0.251 e. The van der Waals surface area contributed by atoms with Gasteiger partial charge >= 0.3 is 0 Å². The van der Waals surface area contributed by atoms with Crippen LogP contribution in [-0.4, -0.2) is 24.7 Å². The normalized spacial score (nSPS) is 13.5. The molecule has 2 amide bonds. The van der Waals surface area contributed by atoms with Crippen LogP contribution in [-0.2, 0) is 17.6 Å². The van der Waals surface area contributed by atoms with Crippen LogP contribution in [0.15, 0.2) is 29.2 Å². The van der Waals surface area contributed by atoms with Crippen LogP contribution in [0.1, 0.15) is 52.9 Å². The molecule has 1 aliphatic rings. The molecule has 0 fully saturated rings. The van der Waals surface area contributed by atoms with Crippen LogP contribution < -0.4 is 15.8 Å². The first-order chi connectivity index (χ1) is 13.6. The van der Waals surface area contributed by atoms with Crippen molar-refractivity contribution in [1.82, 2.24) is 0 Å². The zero-order valence-electron chi connectivity index (χ0n) is 16.1. The molecule has 1 heterocycles. The van der Waals surface area contributed by atoms with E-state index in [2.05, 4.69) is 5.32 Å². The summed E-state index contributed by atoms with van der Waals surface area (Å²) in [6.07, 6.45) is 6.39. The summed E-state index contributed by atoms with van der Waals surface area (Å²) in [4.78, 5) is 26.7. The molecule has 0 spiro atoms. The predicted octanol–water partition coefficient (Wildman–Crippen LogP) is 4.64. The van der Waals surface area contributed by atoms with Crippen molar-refractivity contribution in [1.29, 1.82) is 0 Å². The summed E-state index contributed by atoms with van der Waals surface area (Å²) < 4.78 is 5.15. The maximum atomic E-state index is 12.4. The maximum Gasteiger partial charge on any atom is 0.251 e. The number of hydrogen-bond donors (Lipinski definition) is 2. The molecule has 0 unspecified atom stereocenters. The molecular formula is C21H26N2O3S2. The fourth-order valence-corrected chi connectivity index (χ4v) is 5.54. The van der Waals surface area contributed by atoms with E-state index in [9.17, 15) is 9.59 Å². The van der Waals surface area contributed by atoms with Gasteiger partial charge in [0.05, 0.1) is 12.7 Å². The Morgan fingerprint density at radius 3 is 2.64 bits per heavy atom. The minimum absolute atomic E-state index is 0.0609. The number of amides is 2. The van der Waals surface area contributed by atoms with Gasteiger partial charge in [0.1, 0.15) is 10.8 Å². The minimum Gasteiger partial charge on any atom is -0.497 e. The number of anilines is 1. The van der Waals surface area contributed by atoms with Crippen LogP contribution >= 0.6 is 23.1 Å². The molecule has 0 saturated carbocycles. The summed E-state index contributed by atoms with van der Waals surface area (Å²) in [6, 6.07) is 7.89. The molecular weight excluding hydrogens is 392 g/mol. The predicted molar refractivity (Wildman–Crippen MR) is 116 cm³/mol. The van der Waals surface area contributed by atoms with E-state index in [0.29, 0.717) is 17.0 Å². The third kappa shape index (κ3) is 5.29. The van der Waals surface area contributed by atoms with Crippen LogP contribution in [0.2, 0.25) is 0 Å². The lowest BCUT2D eigenvalue weighted by atomic mass is 10.1. The molecule has 0 atom stereocenters. The molecule has 3 rings (SSSR count). The van der Waals surface area contributed by atoms with Crippen LogP contribution in [0, 0.1) is 0 Å². The van der Waals surface area contributed by atoms with Crippen molar-refractivity contribution in [3.63, 3.8) is 0 Å². The van der Waals surface area contributed by atoms with E-state index in [4.69, 9.17) is 10.5 Å². The molecule has 1 aromatic carbocycles. The molecule has 2 aromatic rings. The first-order valence-corrected chi connectivity index (χ1v) is 11.4. The lowest BCUT2D eigenvalue weighted by Crippen LogP contribution is -2.18. The van der Waals surface area contributed by atoms with Crippen molar-refractivity contribution in [3.05, 3.63) is 40.3 Å². The van der Waals surface area contributed by atoms with Gasteiger partial charge in [-0.1, -0.05) is 6.42 Å². The van der Waals surface area contributed by atoms with Gasteiger partial charge in [-0.2, -0.15) is 0 Å². The van der Waals surface area contributed by atoms with Gasteiger partial charge in [0.2, 0.25) is 5.91 Å². The number of thiophene rings is 1. The zero-order chi connectivity index (χ0) is 19.9. The second-order valence-electron chi connectivity index (χ2n) is 6.81. The molecule has 0 aliphatic heterocycles. The Kier molecular flexibility index (Phi) is 7.39. The highest BCUT2D eigenvalue weighted by Gasteiger charge is 2.24. The SMILES string of the molecule is COc1ccc(SCCCC(=O)Nc2sc3c(c2C(N)=O)CCCCC3)cc1. The molecule has 150 valence electrons. The van der Waals surface area contributed by atoms with E-state index < -0.39 is 5.91 Å². The quantitative estimate of drug-likeness (QED) is 0.372. The van der Waals surface area contributed by atoms with Crippen LogP contribution in [0.3, 0.4) is 0 Å².